The molecule has 2 aromatic carbocycles. The fourth-order valence-corrected chi connectivity index (χ4v) is 3.53. The van der Waals surface area contributed by atoms with Crippen LogP contribution in [0.3, 0.4) is 0 Å². The Kier molecular flexibility index (Phi) is 6.87. The molecule has 0 aromatic heterocycles. The van der Waals surface area contributed by atoms with Crippen molar-refractivity contribution in [2.45, 2.75) is 25.9 Å². The van der Waals surface area contributed by atoms with Crippen LogP contribution < -0.4 is 14.8 Å². The lowest BCUT2D eigenvalue weighted by atomic mass is 9.95. The minimum Gasteiger partial charge on any atom is -0.493 e. The van der Waals surface area contributed by atoms with Crippen LogP contribution in [0.25, 0.3) is 0 Å². The summed E-state index contributed by atoms with van der Waals surface area (Å²) < 4.78 is 23.5. The van der Waals surface area contributed by atoms with E-state index in [9.17, 15) is 9.18 Å². The first-order chi connectivity index (χ1) is 13.6. The highest BCUT2D eigenvalue weighted by atomic mass is 19.1. The molecule has 3 rings (SSSR count). The minimum absolute atomic E-state index is 0.0320. The third-order valence-corrected chi connectivity index (χ3v) is 5.19. The number of ether oxygens (including phenoxy) is 2. The Balaban J connectivity index is 1.45. The van der Waals surface area contributed by atoms with Crippen molar-refractivity contribution in [2.24, 2.45) is 5.92 Å². The summed E-state index contributed by atoms with van der Waals surface area (Å²) in [5.41, 5.74) is 2.07. The Morgan fingerprint density at radius 3 is 2.32 bits per heavy atom. The Hall–Kier alpha value is -2.60. The maximum atomic E-state index is 13.0. The van der Waals surface area contributed by atoms with Crippen molar-refractivity contribution in [3.63, 3.8) is 0 Å². The molecule has 0 aliphatic carbocycles. The summed E-state index contributed by atoms with van der Waals surface area (Å²) in [5, 5.41) is 3.03. The molecule has 0 atom stereocenters. The van der Waals surface area contributed by atoms with Gasteiger partial charge in [-0.15, -0.1) is 0 Å². The third-order valence-electron chi connectivity index (χ3n) is 5.19. The molecule has 1 aliphatic rings. The SMILES string of the molecule is COc1ccc(CNC(=O)C2CCN(Cc3ccc(F)cc3)CC2)cc1OC. The number of carbonyl (C=O) groups is 1. The fourth-order valence-electron chi connectivity index (χ4n) is 3.53. The summed E-state index contributed by atoms with van der Waals surface area (Å²) in [5.74, 6) is 1.24. The van der Waals surface area contributed by atoms with E-state index in [1.807, 2.05) is 30.3 Å². The van der Waals surface area contributed by atoms with Gasteiger partial charge in [0.25, 0.3) is 0 Å². The second kappa shape index (κ2) is 9.55. The Bertz CT molecular complexity index is 787. The number of hydrogen-bond acceptors (Lipinski definition) is 4. The van der Waals surface area contributed by atoms with Gasteiger partial charge in [-0.05, 0) is 61.3 Å². The van der Waals surface area contributed by atoms with Gasteiger partial charge in [0.1, 0.15) is 5.82 Å². The van der Waals surface area contributed by atoms with Gasteiger partial charge in [-0.3, -0.25) is 9.69 Å². The molecular weight excluding hydrogens is 359 g/mol. The summed E-state index contributed by atoms with van der Waals surface area (Å²) >= 11 is 0. The average Bonchev–Trinajstić information content (AvgIpc) is 2.74. The maximum absolute atomic E-state index is 13.0. The van der Waals surface area contributed by atoms with Gasteiger partial charge in [0.15, 0.2) is 11.5 Å². The molecule has 1 fully saturated rings. The van der Waals surface area contributed by atoms with Crippen molar-refractivity contribution in [2.75, 3.05) is 27.3 Å². The highest BCUT2D eigenvalue weighted by Gasteiger charge is 2.24. The molecule has 1 saturated heterocycles. The predicted molar refractivity (Wildman–Crippen MR) is 106 cm³/mol. The lowest BCUT2D eigenvalue weighted by Crippen LogP contribution is -2.40. The lowest BCUT2D eigenvalue weighted by molar-refractivity contribution is -0.126. The third kappa shape index (κ3) is 5.23. The molecule has 1 amide bonds. The number of carbonyl (C=O) groups excluding carboxylic acids is 1. The zero-order valence-corrected chi connectivity index (χ0v) is 16.4. The van der Waals surface area contributed by atoms with Gasteiger partial charge in [0, 0.05) is 19.0 Å². The molecule has 1 aliphatic heterocycles. The number of likely N-dealkylation sites (tertiary alicyclic amines) is 1. The van der Waals surface area contributed by atoms with E-state index < -0.39 is 0 Å². The molecule has 150 valence electrons. The second-order valence-corrected chi connectivity index (χ2v) is 7.08. The van der Waals surface area contributed by atoms with Crippen molar-refractivity contribution < 1.29 is 18.7 Å². The zero-order chi connectivity index (χ0) is 19.9. The summed E-state index contributed by atoms with van der Waals surface area (Å²) in [6.45, 7) is 2.99. The van der Waals surface area contributed by atoms with Crippen LogP contribution in [0.15, 0.2) is 42.5 Å². The lowest BCUT2D eigenvalue weighted by Gasteiger charge is -2.31. The first kappa shape index (κ1) is 20.1. The number of methoxy groups -OCH3 is 2. The van der Waals surface area contributed by atoms with Gasteiger partial charge in [0.2, 0.25) is 5.91 Å². The van der Waals surface area contributed by atoms with Crippen molar-refractivity contribution in [1.29, 1.82) is 0 Å². The van der Waals surface area contributed by atoms with Gasteiger partial charge in [-0.2, -0.15) is 0 Å². The second-order valence-electron chi connectivity index (χ2n) is 7.08. The summed E-state index contributed by atoms with van der Waals surface area (Å²) in [4.78, 5) is 14.8. The highest BCUT2D eigenvalue weighted by Crippen LogP contribution is 2.27. The molecule has 0 unspecified atom stereocenters. The van der Waals surface area contributed by atoms with E-state index >= 15 is 0 Å². The van der Waals surface area contributed by atoms with E-state index in [0.717, 1.165) is 43.6 Å². The van der Waals surface area contributed by atoms with E-state index in [1.165, 1.54) is 12.1 Å². The van der Waals surface area contributed by atoms with E-state index in [-0.39, 0.29) is 17.6 Å². The molecule has 28 heavy (non-hydrogen) atoms. The fraction of sp³-hybridized carbons (Fsp3) is 0.409. The smallest absolute Gasteiger partial charge is 0.223 e. The zero-order valence-electron chi connectivity index (χ0n) is 16.4. The number of benzene rings is 2. The molecule has 6 heteroatoms. The van der Waals surface area contributed by atoms with Crippen LogP contribution >= 0.6 is 0 Å². The van der Waals surface area contributed by atoms with Crippen molar-refractivity contribution in [1.82, 2.24) is 10.2 Å². The predicted octanol–water partition coefficient (Wildman–Crippen LogP) is 3.37. The maximum Gasteiger partial charge on any atom is 0.223 e. The average molecular weight is 386 g/mol. The molecular formula is C22H27FN2O3. The van der Waals surface area contributed by atoms with Crippen LogP contribution in [0.4, 0.5) is 4.39 Å². The molecule has 0 radical (unpaired) electrons. The van der Waals surface area contributed by atoms with E-state index in [1.54, 1.807) is 14.2 Å². The Morgan fingerprint density at radius 2 is 1.68 bits per heavy atom. The molecule has 1 N–H and O–H groups in total. The van der Waals surface area contributed by atoms with Crippen molar-refractivity contribution in [3.05, 3.63) is 59.4 Å². The number of rotatable bonds is 7. The first-order valence-electron chi connectivity index (χ1n) is 9.54. The van der Waals surface area contributed by atoms with E-state index in [2.05, 4.69) is 10.2 Å². The largest absolute Gasteiger partial charge is 0.493 e. The minimum atomic E-state index is -0.214. The summed E-state index contributed by atoms with van der Waals surface area (Å²) in [7, 11) is 3.20. The number of nitrogens with one attached hydrogen (secondary N) is 1. The first-order valence-corrected chi connectivity index (χ1v) is 9.54. The normalized spacial score (nSPS) is 15.2. The number of piperidine rings is 1. The monoisotopic (exact) mass is 386 g/mol. The highest BCUT2D eigenvalue weighted by molar-refractivity contribution is 5.78. The standard InChI is InChI=1S/C22H27FN2O3/c1-27-20-8-5-17(13-21(20)28-2)14-24-22(26)18-9-11-25(12-10-18)15-16-3-6-19(23)7-4-16/h3-8,13,18H,9-12,14-15H2,1-2H3,(H,24,26). The van der Waals surface area contributed by atoms with Gasteiger partial charge >= 0.3 is 0 Å². The van der Waals surface area contributed by atoms with Gasteiger partial charge in [0.05, 0.1) is 14.2 Å². The Morgan fingerprint density at radius 1 is 1.04 bits per heavy atom. The number of nitrogens with zero attached hydrogens (tertiary/aromatic N) is 1. The van der Waals surface area contributed by atoms with Crippen molar-refractivity contribution in [3.8, 4) is 11.5 Å². The quantitative estimate of drug-likeness (QED) is 0.793. The van der Waals surface area contributed by atoms with E-state index in [0.29, 0.717) is 18.0 Å². The van der Waals surface area contributed by atoms with Crippen LogP contribution in [0.1, 0.15) is 24.0 Å². The van der Waals surface area contributed by atoms with Gasteiger partial charge < -0.3 is 14.8 Å². The molecule has 0 spiro atoms. The molecule has 2 aromatic rings. The van der Waals surface area contributed by atoms with Crippen molar-refractivity contribution >= 4 is 5.91 Å². The topological polar surface area (TPSA) is 50.8 Å². The van der Waals surface area contributed by atoms with Crippen LogP contribution in [0.5, 0.6) is 11.5 Å². The van der Waals surface area contributed by atoms with Crippen LogP contribution in [-0.4, -0.2) is 38.1 Å². The molecule has 1 heterocycles. The molecule has 0 bridgehead atoms. The number of amides is 1. The van der Waals surface area contributed by atoms with Gasteiger partial charge in [-0.25, -0.2) is 4.39 Å². The van der Waals surface area contributed by atoms with E-state index in [4.69, 9.17) is 9.47 Å². The van der Waals surface area contributed by atoms with Crippen LogP contribution in [0.2, 0.25) is 0 Å². The number of halogens is 1. The molecule has 5 nitrogen and oxygen atoms in total. The van der Waals surface area contributed by atoms with Crippen LogP contribution in [0, 0.1) is 11.7 Å². The van der Waals surface area contributed by atoms with Crippen LogP contribution in [-0.2, 0) is 17.9 Å². The number of hydrogen-bond donors (Lipinski definition) is 1. The summed E-state index contributed by atoms with van der Waals surface area (Å²) in [6, 6.07) is 12.3. The molecule has 0 saturated carbocycles. The Labute approximate surface area is 165 Å². The van der Waals surface area contributed by atoms with Gasteiger partial charge in [-0.1, -0.05) is 18.2 Å². The summed E-state index contributed by atoms with van der Waals surface area (Å²) in [6.07, 6.45) is 1.66.